The first-order valence-electron chi connectivity index (χ1n) is 9.94. The minimum Gasteiger partial charge on any atom is -0.504 e. The van der Waals surface area contributed by atoms with E-state index < -0.39 is 48.3 Å². The number of aliphatic hydroxyl groups excluding tert-OH is 2. The van der Waals surface area contributed by atoms with Gasteiger partial charge in [0.25, 0.3) is 0 Å². The van der Waals surface area contributed by atoms with Gasteiger partial charge < -0.3 is 25.8 Å². The normalized spacial score (nSPS) is 16.8. The largest absolute Gasteiger partial charge is 0.504 e. The Bertz CT molecular complexity index is 1230. The van der Waals surface area contributed by atoms with Crippen molar-refractivity contribution in [2.45, 2.75) is 31.3 Å². The van der Waals surface area contributed by atoms with E-state index in [1.54, 1.807) is 24.3 Å². The zero-order valence-corrected chi connectivity index (χ0v) is 17.0. The molecule has 0 saturated carbocycles. The van der Waals surface area contributed by atoms with Gasteiger partial charge >= 0.3 is 0 Å². The van der Waals surface area contributed by atoms with Gasteiger partial charge in [0.1, 0.15) is 18.2 Å². The Labute approximate surface area is 182 Å². The van der Waals surface area contributed by atoms with Gasteiger partial charge in [0, 0.05) is 28.3 Å². The number of alkyl halides is 1. The Kier molecular flexibility index (Phi) is 5.64. The molecule has 0 bridgehead atoms. The molecule has 8 nitrogen and oxygen atoms in total. The Balaban J connectivity index is 1.80. The summed E-state index contributed by atoms with van der Waals surface area (Å²) in [5, 5.41) is 30.6. The van der Waals surface area contributed by atoms with Crippen molar-refractivity contribution in [1.82, 2.24) is 4.98 Å². The molecule has 3 aromatic rings. The molecule has 0 fully saturated rings. The van der Waals surface area contributed by atoms with E-state index in [9.17, 15) is 29.3 Å². The fourth-order valence-corrected chi connectivity index (χ4v) is 3.80. The molecule has 0 saturated heterocycles. The maximum Gasteiger partial charge on any atom is 0.198 e. The monoisotopic (exact) mass is 440 g/mol. The van der Waals surface area contributed by atoms with Crippen molar-refractivity contribution in [3.63, 3.8) is 0 Å². The number of hydrogen-bond acceptors (Lipinski definition) is 8. The molecule has 1 aliphatic rings. The van der Waals surface area contributed by atoms with E-state index >= 15 is 0 Å². The molecule has 4 rings (SSSR count). The van der Waals surface area contributed by atoms with E-state index in [2.05, 4.69) is 4.98 Å². The minimum atomic E-state index is -2.01. The second-order valence-corrected chi connectivity index (χ2v) is 7.67. The highest BCUT2D eigenvalue weighted by molar-refractivity contribution is 6.33. The lowest BCUT2D eigenvalue weighted by molar-refractivity contribution is -0.00304. The van der Waals surface area contributed by atoms with Crippen LogP contribution in [0.4, 0.5) is 4.39 Å². The summed E-state index contributed by atoms with van der Waals surface area (Å²) >= 11 is 0. The van der Waals surface area contributed by atoms with E-state index in [0.717, 1.165) is 0 Å². The van der Waals surface area contributed by atoms with E-state index in [1.807, 2.05) is 0 Å². The molecule has 0 amide bonds. The van der Waals surface area contributed by atoms with Gasteiger partial charge in [-0.3, -0.25) is 14.6 Å². The predicted molar refractivity (Wildman–Crippen MR) is 113 cm³/mol. The van der Waals surface area contributed by atoms with Crippen LogP contribution in [0.15, 0.2) is 42.6 Å². The third-order valence-corrected chi connectivity index (χ3v) is 5.57. The second-order valence-electron chi connectivity index (χ2n) is 7.67. The van der Waals surface area contributed by atoms with Crippen LogP contribution in [0.25, 0.3) is 10.9 Å². The van der Waals surface area contributed by atoms with Crippen molar-refractivity contribution in [2.75, 3.05) is 6.61 Å². The van der Waals surface area contributed by atoms with Crippen molar-refractivity contribution >= 4 is 22.5 Å². The van der Waals surface area contributed by atoms with Crippen LogP contribution >= 0.6 is 0 Å². The molecule has 5 N–H and O–H groups in total. The van der Waals surface area contributed by atoms with Crippen LogP contribution in [0.1, 0.15) is 38.8 Å². The summed E-state index contributed by atoms with van der Waals surface area (Å²) in [6.07, 6.45) is -3.50. The number of nitrogens with two attached hydrogens (primary N) is 1. The number of pyridine rings is 1. The number of phenols is 1. The quantitative estimate of drug-likeness (QED) is 0.353. The number of phenolic OH excluding ortho intramolecular Hbond substituents is 1. The first kappa shape index (κ1) is 21.8. The first-order chi connectivity index (χ1) is 15.2. The number of aromatic nitrogens is 1. The molecular weight excluding hydrogens is 419 g/mol. The number of ether oxygens (including phenoxy) is 1. The number of fused-ring (bicyclic) bond motifs is 4. The fraction of sp³-hybridized carbons (Fsp3) is 0.261. The fourth-order valence-electron chi connectivity index (χ4n) is 3.80. The molecule has 1 heterocycles. The number of carbonyl (C=O) groups excluding carboxylic acids is 2. The second kappa shape index (κ2) is 8.27. The number of ketones is 2. The van der Waals surface area contributed by atoms with Crippen molar-refractivity contribution in [3.05, 3.63) is 64.8 Å². The molecule has 166 valence electrons. The zero-order valence-electron chi connectivity index (χ0n) is 17.0. The number of rotatable bonds is 6. The van der Waals surface area contributed by atoms with Crippen LogP contribution in [-0.2, 0) is 0 Å². The predicted octanol–water partition coefficient (Wildman–Crippen LogP) is 1.50. The van der Waals surface area contributed by atoms with Crippen LogP contribution in [0.5, 0.6) is 11.5 Å². The van der Waals surface area contributed by atoms with Crippen molar-refractivity contribution in [2.24, 2.45) is 5.73 Å². The summed E-state index contributed by atoms with van der Waals surface area (Å²) in [6, 6.07) is 8.11. The number of aliphatic hydroxyl groups is 2. The van der Waals surface area contributed by atoms with Crippen LogP contribution in [0, 0.1) is 0 Å². The van der Waals surface area contributed by atoms with Gasteiger partial charge in [-0.1, -0.05) is 30.3 Å². The van der Waals surface area contributed by atoms with Crippen molar-refractivity contribution in [3.8, 4) is 11.5 Å². The maximum absolute atomic E-state index is 14.5. The van der Waals surface area contributed by atoms with E-state index in [-0.39, 0.29) is 38.9 Å². The van der Waals surface area contributed by atoms with E-state index in [4.69, 9.17) is 10.5 Å². The molecular formula is C23H21FN2O6. The molecule has 1 aromatic heterocycles. The number of carbonyl (C=O) groups is 2. The SMILES string of the molecule is CC(O)C(N)C(O)C(F)COc1c(O)c2c(c3cccnc13)C(=O)c1ccccc1C2=O. The van der Waals surface area contributed by atoms with Crippen LogP contribution in [0.2, 0.25) is 0 Å². The summed E-state index contributed by atoms with van der Waals surface area (Å²) in [5.74, 6) is -1.95. The lowest BCUT2D eigenvalue weighted by Crippen LogP contribution is -2.49. The van der Waals surface area contributed by atoms with E-state index in [1.165, 1.54) is 25.3 Å². The Morgan fingerprint density at radius 3 is 2.31 bits per heavy atom. The van der Waals surface area contributed by atoms with Crippen LogP contribution in [0.3, 0.4) is 0 Å². The van der Waals surface area contributed by atoms with Gasteiger partial charge in [0.05, 0.1) is 17.7 Å². The number of benzene rings is 2. The highest BCUT2D eigenvalue weighted by Crippen LogP contribution is 2.44. The van der Waals surface area contributed by atoms with Crippen LogP contribution < -0.4 is 10.5 Å². The van der Waals surface area contributed by atoms with Gasteiger partial charge in [-0.05, 0) is 13.0 Å². The summed E-state index contributed by atoms with van der Waals surface area (Å²) in [5.41, 5.74) is 5.73. The molecule has 1 aliphatic carbocycles. The molecule has 0 radical (unpaired) electrons. The van der Waals surface area contributed by atoms with Gasteiger partial charge in [-0.2, -0.15) is 0 Å². The molecule has 4 atom stereocenters. The number of halogens is 1. The van der Waals surface area contributed by atoms with Gasteiger partial charge in [0.15, 0.2) is 29.2 Å². The average molecular weight is 440 g/mol. The third kappa shape index (κ3) is 3.40. The highest BCUT2D eigenvalue weighted by Gasteiger charge is 2.37. The number of nitrogens with zero attached hydrogens (tertiary/aromatic N) is 1. The van der Waals surface area contributed by atoms with Gasteiger partial charge in [-0.15, -0.1) is 0 Å². The topological polar surface area (TPSA) is 143 Å². The summed E-state index contributed by atoms with van der Waals surface area (Å²) in [6.45, 7) is 0.576. The lowest BCUT2D eigenvalue weighted by Gasteiger charge is -2.25. The number of aromatic hydroxyl groups is 1. The minimum absolute atomic E-state index is 0.00499. The Morgan fingerprint density at radius 1 is 1.06 bits per heavy atom. The van der Waals surface area contributed by atoms with Crippen molar-refractivity contribution in [1.29, 1.82) is 0 Å². The summed E-state index contributed by atoms with van der Waals surface area (Å²) in [7, 11) is 0. The zero-order chi connectivity index (χ0) is 23.2. The van der Waals surface area contributed by atoms with E-state index in [0.29, 0.717) is 0 Å². The van der Waals surface area contributed by atoms with Crippen LogP contribution in [-0.4, -0.2) is 62.9 Å². The smallest absolute Gasteiger partial charge is 0.198 e. The van der Waals surface area contributed by atoms with Gasteiger partial charge in [-0.25, -0.2) is 4.39 Å². The Hall–Kier alpha value is -3.40. The van der Waals surface area contributed by atoms with Gasteiger partial charge in [0.2, 0.25) is 0 Å². The lowest BCUT2D eigenvalue weighted by atomic mass is 9.81. The highest BCUT2D eigenvalue weighted by atomic mass is 19.1. The maximum atomic E-state index is 14.5. The molecule has 0 aliphatic heterocycles. The third-order valence-electron chi connectivity index (χ3n) is 5.57. The Morgan fingerprint density at radius 2 is 1.69 bits per heavy atom. The molecule has 4 unspecified atom stereocenters. The summed E-state index contributed by atoms with van der Waals surface area (Å²) < 4.78 is 20.0. The first-order valence-corrected chi connectivity index (χ1v) is 9.94. The molecule has 2 aromatic carbocycles. The molecule has 32 heavy (non-hydrogen) atoms. The molecule has 9 heteroatoms. The van der Waals surface area contributed by atoms with Crippen molar-refractivity contribution < 1.29 is 34.0 Å². The standard InChI is InChI=1S/C23H21FN2O6/c1-10(27)17(25)21(30)14(24)9-32-23-18-13(7-4-8-26-18)15-16(22(23)31)20(29)12-6-3-2-5-11(12)19(15)28/h2-8,10,14,17,21,27,30-31H,9,25H2,1H3. The number of hydrogen-bond donors (Lipinski definition) is 4. The average Bonchev–Trinajstić information content (AvgIpc) is 2.80. The molecule has 0 spiro atoms. The summed E-state index contributed by atoms with van der Waals surface area (Å²) in [4.78, 5) is 30.5.